The SMILES string of the molecule is Cc1nc(Cl)n(CCNC(=O)OC(C)(C)C)c1C. The Morgan fingerprint density at radius 3 is 2.50 bits per heavy atom. The van der Waals surface area contributed by atoms with Crippen molar-refractivity contribution in [3.8, 4) is 0 Å². The van der Waals surface area contributed by atoms with Gasteiger partial charge in [-0.25, -0.2) is 9.78 Å². The van der Waals surface area contributed by atoms with Crippen LogP contribution in [-0.2, 0) is 11.3 Å². The second kappa shape index (κ2) is 5.61. The molecule has 102 valence electrons. The van der Waals surface area contributed by atoms with Gasteiger partial charge in [-0.1, -0.05) is 0 Å². The average molecular weight is 274 g/mol. The fraction of sp³-hybridized carbons (Fsp3) is 0.667. The van der Waals surface area contributed by atoms with Gasteiger partial charge in [-0.05, 0) is 46.2 Å². The third-order valence-corrected chi connectivity index (χ3v) is 2.70. The Labute approximate surface area is 112 Å². The van der Waals surface area contributed by atoms with Gasteiger partial charge in [0.25, 0.3) is 0 Å². The van der Waals surface area contributed by atoms with Gasteiger partial charge in [-0.3, -0.25) is 0 Å². The number of alkyl carbamates (subject to hydrolysis) is 1. The van der Waals surface area contributed by atoms with Gasteiger partial charge in [-0.2, -0.15) is 0 Å². The summed E-state index contributed by atoms with van der Waals surface area (Å²) in [7, 11) is 0. The van der Waals surface area contributed by atoms with Crippen LogP contribution in [0.5, 0.6) is 0 Å². The van der Waals surface area contributed by atoms with Gasteiger partial charge < -0.3 is 14.6 Å². The van der Waals surface area contributed by atoms with E-state index in [1.165, 1.54) is 0 Å². The van der Waals surface area contributed by atoms with E-state index in [0.717, 1.165) is 11.4 Å². The van der Waals surface area contributed by atoms with E-state index in [4.69, 9.17) is 16.3 Å². The first-order valence-corrected chi connectivity index (χ1v) is 6.24. The van der Waals surface area contributed by atoms with Crippen molar-refractivity contribution in [3.63, 3.8) is 0 Å². The number of hydrogen-bond donors (Lipinski definition) is 1. The first-order valence-electron chi connectivity index (χ1n) is 5.87. The minimum Gasteiger partial charge on any atom is -0.444 e. The summed E-state index contributed by atoms with van der Waals surface area (Å²) in [5.74, 6) is 0. The maximum absolute atomic E-state index is 11.4. The van der Waals surface area contributed by atoms with Crippen LogP contribution in [-0.4, -0.2) is 27.8 Å². The number of carbonyl (C=O) groups is 1. The minimum absolute atomic E-state index is 0.423. The number of carbonyl (C=O) groups excluding carboxylic acids is 1. The third kappa shape index (κ3) is 4.22. The van der Waals surface area contributed by atoms with Crippen LogP contribution in [0.15, 0.2) is 0 Å². The Hall–Kier alpha value is -1.23. The van der Waals surface area contributed by atoms with Crippen molar-refractivity contribution in [2.24, 2.45) is 0 Å². The number of aromatic nitrogens is 2. The van der Waals surface area contributed by atoms with Gasteiger partial charge >= 0.3 is 6.09 Å². The smallest absolute Gasteiger partial charge is 0.407 e. The summed E-state index contributed by atoms with van der Waals surface area (Å²) in [6.45, 7) is 10.4. The molecule has 1 aromatic rings. The van der Waals surface area contributed by atoms with E-state index in [1.807, 2.05) is 39.2 Å². The third-order valence-electron chi connectivity index (χ3n) is 2.41. The van der Waals surface area contributed by atoms with E-state index in [2.05, 4.69) is 10.3 Å². The molecule has 1 heterocycles. The van der Waals surface area contributed by atoms with Gasteiger partial charge in [0.2, 0.25) is 5.28 Å². The van der Waals surface area contributed by atoms with Crippen LogP contribution in [0.3, 0.4) is 0 Å². The number of ether oxygens (including phenoxy) is 1. The molecule has 18 heavy (non-hydrogen) atoms. The number of nitrogens with one attached hydrogen (secondary N) is 1. The Balaban J connectivity index is 2.45. The molecule has 0 bridgehead atoms. The van der Waals surface area contributed by atoms with Crippen LogP contribution in [0.4, 0.5) is 4.79 Å². The summed E-state index contributed by atoms with van der Waals surface area (Å²) in [6, 6.07) is 0. The molecule has 1 amide bonds. The Bertz CT molecular complexity index is 435. The lowest BCUT2D eigenvalue weighted by Gasteiger charge is -2.19. The van der Waals surface area contributed by atoms with E-state index >= 15 is 0 Å². The van der Waals surface area contributed by atoms with Gasteiger partial charge in [0.05, 0.1) is 5.69 Å². The zero-order valence-corrected chi connectivity index (χ0v) is 12.3. The predicted octanol–water partition coefficient (Wildman–Crippen LogP) is 2.68. The number of aryl methyl sites for hydroxylation is 1. The Morgan fingerprint density at radius 1 is 1.44 bits per heavy atom. The van der Waals surface area contributed by atoms with Gasteiger partial charge in [0.15, 0.2) is 0 Å². The molecule has 0 radical (unpaired) electrons. The molecule has 0 aliphatic rings. The number of amides is 1. The molecule has 0 aliphatic carbocycles. The van der Waals surface area contributed by atoms with E-state index < -0.39 is 11.7 Å². The molecule has 0 spiro atoms. The fourth-order valence-electron chi connectivity index (χ4n) is 1.46. The highest BCUT2D eigenvalue weighted by Crippen LogP contribution is 2.14. The van der Waals surface area contributed by atoms with Crippen molar-refractivity contribution in [2.75, 3.05) is 6.54 Å². The summed E-state index contributed by atoms with van der Waals surface area (Å²) in [6.07, 6.45) is -0.423. The summed E-state index contributed by atoms with van der Waals surface area (Å²) < 4.78 is 6.99. The molecule has 1 rings (SSSR count). The summed E-state index contributed by atoms with van der Waals surface area (Å²) in [4.78, 5) is 15.6. The maximum atomic E-state index is 11.4. The number of hydrogen-bond acceptors (Lipinski definition) is 3. The molecule has 0 aliphatic heterocycles. The zero-order chi connectivity index (χ0) is 13.9. The van der Waals surface area contributed by atoms with Gasteiger partial charge in [-0.15, -0.1) is 0 Å². The lowest BCUT2D eigenvalue weighted by Crippen LogP contribution is -2.34. The standard InChI is InChI=1S/C12H20ClN3O2/c1-8-9(2)16(10(13)15-8)7-6-14-11(17)18-12(3,4)5/h6-7H2,1-5H3,(H,14,17). The highest BCUT2D eigenvalue weighted by atomic mass is 35.5. The first kappa shape index (κ1) is 14.8. The number of imidazole rings is 1. The number of rotatable bonds is 3. The topological polar surface area (TPSA) is 56.2 Å². The molecule has 0 atom stereocenters. The molecule has 1 N–H and O–H groups in total. The van der Waals surface area contributed by atoms with E-state index in [-0.39, 0.29) is 0 Å². The molecule has 0 saturated heterocycles. The van der Waals surface area contributed by atoms with E-state index in [1.54, 1.807) is 0 Å². The van der Waals surface area contributed by atoms with Crippen molar-refractivity contribution in [2.45, 2.75) is 46.8 Å². The molecule has 6 heteroatoms. The van der Waals surface area contributed by atoms with Crippen LogP contribution in [0.2, 0.25) is 5.28 Å². The van der Waals surface area contributed by atoms with Crippen molar-refractivity contribution in [1.29, 1.82) is 0 Å². The largest absolute Gasteiger partial charge is 0.444 e. The molecule has 0 aromatic carbocycles. The predicted molar refractivity (Wildman–Crippen MR) is 70.9 cm³/mol. The monoisotopic (exact) mass is 273 g/mol. The number of halogens is 1. The van der Waals surface area contributed by atoms with Crippen molar-refractivity contribution >= 4 is 17.7 Å². The quantitative estimate of drug-likeness (QED) is 0.921. The van der Waals surface area contributed by atoms with Crippen LogP contribution in [0.25, 0.3) is 0 Å². The normalized spacial score (nSPS) is 11.4. The molecule has 1 aromatic heterocycles. The van der Waals surface area contributed by atoms with Crippen LogP contribution in [0.1, 0.15) is 32.2 Å². The molecule has 0 saturated carbocycles. The minimum atomic E-state index is -0.483. The molecular formula is C12H20ClN3O2. The van der Waals surface area contributed by atoms with Crippen LogP contribution >= 0.6 is 11.6 Å². The average Bonchev–Trinajstić information content (AvgIpc) is 2.41. The van der Waals surface area contributed by atoms with Crippen molar-refractivity contribution in [1.82, 2.24) is 14.9 Å². The lowest BCUT2D eigenvalue weighted by atomic mass is 10.2. The summed E-state index contributed by atoms with van der Waals surface area (Å²) in [5, 5.41) is 3.12. The maximum Gasteiger partial charge on any atom is 0.407 e. The zero-order valence-electron chi connectivity index (χ0n) is 11.5. The summed E-state index contributed by atoms with van der Waals surface area (Å²) >= 11 is 5.98. The molecular weight excluding hydrogens is 254 g/mol. The lowest BCUT2D eigenvalue weighted by molar-refractivity contribution is 0.0526. The highest BCUT2D eigenvalue weighted by Gasteiger charge is 2.16. The number of nitrogens with zero attached hydrogens (tertiary/aromatic N) is 2. The second-order valence-electron chi connectivity index (χ2n) is 5.13. The van der Waals surface area contributed by atoms with Gasteiger partial charge in [0, 0.05) is 18.8 Å². The summed E-state index contributed by atoms with van der Waals surface area (Å²) in [5.41, 5.74) is 1.42. The van der Waals surface area contributed by atoms with Crippen LogP contribution < -0.4 is 5.32 Å². The first-order chi connectivity index (χ1) is 8.20. The van der Waals surface area contributed by atoms with Gasteiger partial charge in [0.1, 0.15) is 5.60 Å². The van der Waals surface area contributed by atoms with Crippen LogP contribution in [0, 0.1) is 13.8 Å². The molecule has 0 fully saturated rings. The Morgan fingerprint density at radius 2 is 2.06 bits per heavy atom. The van der Waals surface area contributed by atoms with Crippen molar-refractivity contribution in [3.05, 3.63) is 16.7 Å². The van der Waals surface area contributed by atoms with E-state index in [0.29, 0.717) is 18.4 Å². The molecule has 0 unspecified atom stereocenters. The van der Waals surface area contributed by atoms with Crippen molar-refractivity contribution < 1.29 is 9.53 Å². The fourth-order valence-corrected chi connectivity index (χ4v) is 1.80. The highest BCUT2D eigenvalue weighted by molar-refractivity contribution is 6.28. The molecule has 5 nitrogen and oxygen atoms in total. The second-order valence-corrected chi connectivity index (χ2v) is 5.47. The van der Waals surface area contributed by atoms with E-state index in [9.17, 15) is 4.79 Å². The Kier molecular flexibility index (Phi) is 4.62.